The van der Waals surface area contributed by atoms with Gasteiger partial charge < -0.3 is 10.4 Å². The molecule has 0 aliphatic heterocycles. The molecule has 13 heavy (non-hydrogen) atoms. The van der Waals surface area contributed by atoms with E-state index in [0.29, 0.717) is 6.04 Å². The molecule has 74 valence electrons. The van der Waals surface area contributed by atoms with E-state index in [1.54, 1.807) is 13.1 Å². The molecule has 4 nitrogen and oxygen atoms in total. The van der Waals surface area contributed by atoms with E-state index < -0.39 is 0 Å². The minimum absolute atomic E-state index is 0.246. The van der Waals surface area contributed by atoms with Crippen molar-refractivity contribution >= 4 is 0 Å². The van der Waals surface area contributed by atoms with Gasteiger partial charge in [-0.25, -0.2) is 0 Å². The molecule has 2 atom stereocenters. The van der Waals surface area contributed by atoms with Crippen LogP contribution >= 0.6 is 0 Å². The molecule has 1 aromatic rings. The Morgan fingerprint density at radius 3 is 2.92 bits per heavy atom. The number of nitrogens with zero attached hydrogens (tertiary/aromatic N) is 1. The van der Waals surface area contributed by atoms with Crippen molar-refractivity contribution in [2.24, 2.45) is 0 Å². The Morgan fingerprint density at radius 1 is 1.62 bits per heavy atom. The van der Waals surface area contributed by atoms with Crippen molar-refractivity contribution in [3.63, 3.8) is 0 Å². The monoisotopic (exact) mass is 183 g/mol. The second-order valence-corrected chi connectivity index (χ2v) is 3.45. The van der Waals surface area contributed by atoms with E-state index in [-0.39, 0.29) is 6.10 Å². The molecule has 0 spiro atoms. The standard InChI is InChI=1S/C9H17N3O/c1-7(5-8(2)13)10-6-9-3-4-11-12-9/h3-4,7-8,10,13H,5-6H2,1-2H3,(H,11,12). The maximum absolute atomic E-state index is 9.12. The Balaban J connectivity index is 2.19. The average Bonchev–Trinajstić information content (AvgIpc) is 2.51. The molecule has 2 unspecified atom stereocenters. The first-order chi connectivity index (χ1) is 6.18. The Labute approximate surface area is 78.4 Å². The number of aliphatic hydroxyl groups excluding tert-OH is 1. The summed E-state index contributed by atoms with van der Waals surface area (Å²) in [7, 11) is 0. The van der Waals surface area contributed by atoms with Crippen molar-refractivity contribution in [1.82, 2.24) is 15.5 Å². The van der Waals surface area contributed by atoms with Crippen LogP contribution in [0.2, 0.25) is 0 Å². The molecule has 0 saturated heterocycles. The molecule has 0 aliphatic carbocycles. The molecule has 3 N–H and O–H groups in total. The zero-order valence-electron chi connectivity index (χ0n) is 8.12. The van der Waals surface area contributed by atoms with Gasteiger partial charge in [0.1, 0.15) is 0 Å². The normalized spacial score (nSPS) is 15.6. The smallest absolute Gasteiger partial charge is 0.0526 e. The van der Waals surface area contributed by atoms with E-state index in [9.17, 15) is 0 Å². The summed E-state index contributed by atoms with van der Waals surface area (Å²) in [6.07, 6.45) is 2.26. The zero-order chi connectivity index (χ0) is 9.68. The van der Waals surface area contributed by atoms with Crippen molar-refractivity contribution in [3.05, 3.63) is 18.0 Å². The van der Waals surface area contributed by atoms with Gasteiger partial charge in [-0.05, 0) is 26.3 Å². The lowest BCUT2D eigenvalue weighted by atomic mass is 10.1. The molecule has 0 bridgehead atoms. The summed E-state index contributed by atoms with van der Waals surface area (Å²) >= 11 is 0. The third-order valence-electron chi connectivity index (χ3n) is 1.89. The van der Waals surface area contributed by atoms with Crippen molar-refractivity contribution in [2.45, 2.75) is 39.0 Å². The number of hydrogen-bond donors (Lipinski definition) is 3. The highest BCUT2D eigenvalue weighted by Crippen LogP contribution is 1.98. The van der Waals surface area contributed by atoms with Crippen LogP contribution in [0.5, 0.6) is 0 Å². The van der Waals surface area contributed by atoms with E-state index in [1.165, 1.54) is 0 Å². The van der Waals surface area contributed by atoms with Crippen LogP contribution in [-0.4, -0.2) is 27.4 Å². The van der Waals surface area contributed by atoms with Crippen LogP contribution in [0.1, 0.15) is 26.0 Å². The second-order valence-electron chi connectivity index (χ2n) is 3.45. The van der Waals surface area contributed by atoms with Crippen LogP contribution in [-0.2, 0) is 6.54 Å². The van der Waals surface area contributed by atoms with Gasteiger partial charge in [-0.1, -0.05) is 0 Å². The summed E-state index contributed by atoms with van der Waals surface area (Å²) < 4.78 is 0. The summed E-state index contributed by atoms with van der Waals surface area (Å²) in [6, 6.07) is 2.26. The van der Waals surface area contributed by atoms with Gasteiger partial charge in [0.15, 0.2) is 0 Å². The van der Waals surface area contributed by atoms with Crippen LogP contribution < -0.4 is 5.32 Å². The van der Waals surface area contributed by atoms with E-state index in [2.05, 4.69) is 22.4 Å². The van der Waals surface area contributed by atoms with Crippen molar-refractivity contribution in [2.75, 3.05) is 0 Å². The highest BCUT2D eigenvalue weighted by Gasteiger charge is 2.05. The number of hydrogen-bond acceptors (Lipinski definition) is 3. The molecular weight excluding hydrogens is 166 g/mol. The number of aromatic nitrogens is 2. The van der Waals surface area contributed by atoms with Crippen LogP contribution in [0.4, 0.5) is 0 Å². The Bertz CT molecular complexity index is 221. The zero-order valence-corrected chi connectivity index (χ0v) is 8.12. The molecule has 0 fully saturated rings. The molecule has 0 aliphatic rings. The summed E-state index contributed by atoms with van der Waals surface area (Å²) in [5, 5.41) is 19.1. The molecule has 0 radical (unpaired) electrons. The molecule has 4 heteroatoms. The maximum Gasteiger partial charge on any atom is 0.0526 e. The summed E-state index contributed by atoms with van der Waals surface area (Å²) in [4.78, 5) is 0. The largest absolute Gasteiger partial charge is 0.393 e. The highest BCUT2D eigenvalue weighted by molar-refractivity contribution is 4.96. The predicted octanol–water partition coefficient (Wildman–Crippen LogP) is 0.659. The Kier molecular flexibility index (Phi) is 3.92. The van der Waals surface area contributed by atoms with Crippen LogP contribution in [0.15, 0.2) is 12.3 Å². The van der Waals surface area contributed by atoms with Gasteiger partial charge in [-0.3, -0.25) is 5.10 Å². The summed E-state index contributed by atoms with van der Waals surface area (Å²) in [6.45, 7) is 4.63. The van der Waals surface area contributed by atoms with Gasteiger partial charge in [0.25, 0.3) is 0 Å². The molecular formula is C9H17N3O. The number of aromatic amines is 1. The quantitative estimate of drug-likeness (QED) is 0.628. The summed E-state index contributed by atoms with van der Waals surface area (Å²) in [5.41, 5.74) is 1.07. The topological polar surface area (TPSA) is 60.9 Å². The third kappa shape index (κ3) is 4.05. The summed E-state index contributed by atoms with van der Waals surface area (Å²) in [5.74, 6) is 0. The lowest BCUT2D eigenvalue weighted by Crippen LogP contribution is -2.28. The first kappa shape index (κ1) is 10.2. The van der Waals surface area contributed by atoms with E-state index in [1.807, 2.05) is 6.07 Å². The second kappa shape index (κ2) is 4.99. The van der Waals surface area contributed by atoms with Gasteiger partial charge in [0, 0.05) is 24.5 Å². The Morgan fingerprint density at radius 2 is 2.38 bits per heavy atom. The van der Waals surface area contributed by atoms with Gasteiger partial charge in [0.05, 0.1) is 6.10 Å². The lowest BCUT2D eigenvalue weighted by Gasteiger charge is -2.14. The third-order valence-corrected chi connectivity index (χ3v) is 1.89. The molecule has 0 saturated carbocycles. The van der Waals surface area contributed by atoms with Crippen molar-refractivity contribution in [3.8, 4) is 0 Å². The first-order valence-electron chi connectivity index (χ1n) is 4.58. The van der Waals surface area contributed by atoms with Crippen LogP contribution in [0, 0.1) is 0 Å². The van der Waals surface area contributed by atoms with Gasteiger partial charge in [-0.15, -0.1) is 0 Å². The minimum atomic E-state index is -0.246. The number of nitrogens with one attached hydrogen (secondary N) is 2. The van der Waals surface area contributed by atoms with Gasteiger partial charge >= 0.3 is 0 Å². The predicted molar refractivity (Wildman–Crippen MR) is 51.2 cm³/mol. The fraction of sp³-hybridized carbons (Fsp3) is 0.667. The van der Waals surface area contributed by atoms with E-state index in [4.69, 9.17) is 5.11 Å². The molecule has 0 aromatic carbocycles. The van der Waals surface area contributed by atoms with Gasteiger partial charge in [-0.2, -0.15) is 5.10 Å². The SMILES string of the molecule is CC(O)CC(C)NCc1ccn[nH]1. The fourth-order valence-electron chi connectivity index (χ4n) is 1.26. The number of H-pyrrole nitrogens is 1. The van der Waals surface area contributed by atoms with E-state index >= 15 is 0 Å². The molecule has 1 rings (SSSR count). The minimum Gasteiger partial charge on any atom is -0.393 e. The van der Waals surface area contributed by atoms with Gasteiger partial charge in [0.2, 0.25) is 0 Å². The van der Waals surface area contributed by atoms with Crippen LogP contribution in [0.3, 0.4) is 0 Å². The lowest BCUT2D eigenvalue weighted by molar-refractivity contribution is 0.170. The number of aliphatic hydroxyl groups is 1. The molecule has 0 amide bonds. The van der Waals surface area contributed by atoms with Crippen molar-refractivity contribution < 1.29 is 5.11 Å². The fourth-order valence-corrected chi connectivity index (χ4v) is 1.26. The number of rotatable bonds is 5. The average molecular weight is 183 g/mol. The van der Waals surface area contributed by atoms with Crippen LogP contribution in [0.25, 0.3) is 0 Å². The first-order valence-corrected chi connectivity index (χ1v) is 4.58. The highest BCUT2D eigenvalue weighted by atomic mass is 16.3. The maximum atomic E-state index is 9.12. The Hall–Kier alpha value is -0.870. The van der Waals surface area contributed by atoms with Crippen molar-refractivity contribution in [1.29, 1.82) is 0 Å². The molecule has 1 aromatic heterocycles. The van der Waals surface area contributed by atoms with E-state index in [0.717, 1.165) is 18.7 Å². The molecule has 1 heterocycles.